The topological polar surface area (TPSA) is 68.0 Å². The number of nitrogens with one attached hydrogen (secondary N) is 1. The third kappa shape index (κ3) is 1.60. The molecule has 0 aliphatic carbocycles. The fourth-order valence-corrected chi connectivity index (χ4v) is 1.42. The highest BCUT2D eigenvalue weighted by atomic mass is 16.5. The Morgan fingerprint density at radius 3 is 3.08 bits per heavy atom. The zero-order valence-corrected chi connectivity index (χ0v) is 7.41. The minimum atomic E-state index is -0.184. The fourth-order valence-electron chi connectivity index (χ4n) is 1.42. The molecule has 2 heterocycles. The Balaban J connectivity index is 2.16. The molecule has 0 radical (unpaired) electrons. The van der Waals surface area contributed by atoms with Crippen molar-refractivity contribution in [3.05, 3.63) is 11.7 Å². The van der Waals surface area contributed by atoms with Crippen LogP contribution in [0, 0.1) is 0 Å². The first-order valence-corrected chi connectivity index (χ1v) is 4.35. The zero-order valence-electron chi connectivity index (χ0n) is 7.41. The van der Waals surface area contributed by atoms with Crippen LogP contribution < -0.4 is 5.32 Å². The summed E-state index contributed by atoms with van der Waals surface area (Å²) >= 11 is 0. The third-order valence-corrected chi connectivity index (χ3v) is 2.11. The van der Waals surface area contributed by atoms with Gasteiger partial charge in [0.05, 0.1) is 6.04 Å². The van der Waals surface area contributed by atoms with Gasteiger partial charge < -0.3 is 9.84 Å². The average Bonchev–Trinajstić information content (AvgIpc) is 2.75. The molecule has 0 amide bonds. The molecule has 1 atom stereocenters. The molecule has 1 unspecified atom stereocenters. The summed E-state index contributed by atoms with van der Waals surface area (Å²) in [6.07, 6.45) is 2.13. The highest BCUT2D eigenvalue weighted by molar-refractivity contribution is 5.89. The molecular formula is C8H11N3O2. The molecule has 0 spiro atoms. The number of nitrogens with zero attached hydrogens (tertiary/aromatic N) is 2. The monoisotopic (exact) mass is 181 g/mol. The molecule has 5 heteroatoms. The van der Waals surface area contributed by atoms with E-state index in [1.54, 1.807) is 0 Å². The highest BCUT2D eigenvalue weighted by Gasteiger charge is 2.22. The number of carbonyl (C=O) groups excluding carboxylic acids is 1. The van der Waals surface area contributed by atoms with Gasteiger partial charge in [-0.15, -0.1) is 0 Å². The normalized spacial score (nSPS) is 22.1. The average molecular weight is 181 g/mol. The van der Waals surface area contributed by atoms with Crippen LogP contribution in [0.3, 0.4) is 0 Å². The van der Waals surface area contributed by atoms with Crippen LogP contribution in [0.5, 0.6) is 0 Å². The van der Waals surface area contributed by atoms with Gasteiger partial charge in [0, 0.05) is 6.92 Å². The van der Waals surface area contributed by atoms with Crippen LogP contribution in [-0.4, -0.2) is 22.5 Å². The smallest absolute Gasteiger partial charge is 0.293 e. The summed E-state index contributed by atoms with van der Waals surface area (Å²) in [5.74, 6) is 0.517. The van der Waals surface area contributed by atoms with Crippen molar-refractivity contribution in [3.8, 4) is 0 Å². The standard InChI is InChI=1S/C8H11N3O2/c1-5(12)8-10-7(11-13-8)6-3-2-4-9-6/h6,9H,2-4H2,1H3. The molecule has 1 saturated heterocycles. The minimum absolute atomic E-state index is 0.101. The van der Waals surface area contributed by atoms with E-state index >= 15 is 0 Å². The molecule has 13 heavy (non-hydrogen) atoms. The van der Waals surface area contributed by atoms with Gasteiger partial charge in [0.25, 0.3) is 5.89 Å². The first-order valence-electron chi connectivity index (χ1n) is 4.35. The van der Waals surface area contributed by atoms with E-state index in [1.165, 1.54) is 6.92 Å². The number of carbonyl (C=O) groups is 1. The van der Waals surface area contributed by atoms with Gasteiger partial charge >= 0.3 is 0 Å². The minimum Gasteiger partial charge on any atom is -0.331 e. The summed E-state index contributed by atoms with van der Waals surface area (Å²) < 4.78 is 4.79. The summed E-state index contributed by atoms with van der Waals surface area (Å²) in [5.41, 5.74) is 0. The van der Waals surface area contributed by atoms with Crippen LogP contribution in [0.1, 0.15) is 42.3 Å². The lowest BCUT2D eigenvalue weighted by atomic mass is 10.2. The van der Waals surface area contributed by atoms with Crippen LogP contribution in [0.15, 0.2) is 4.52 Å². The number of ketones is 1. The lowest BCUT2D eigenvalue weighted by Crippen LogP contribution is -2.14. The number of rotatable bonds is 2. The van der Waals surface area contributed by atoms with E-state index in [9.17, 15) is 4.79 Å². The van der Waals surface area contributed by atoms with E-state index in [4.69, 9.17) is 4.52 Å². The van der Waals surface area contributed by atoms with E-state index in [-0.39, 0.29) is 17.7 Å². The van der Waals surface area contributed by atoms with Crippen LogP contribution in [0.4, 0.5) is 0 Å². The fraction of sp³-hybridized carbons (Fsp3) is 0.625. The highest BCUT2D eigenvalue weighted by Crippen LogP contribution is 2.19. The predicted molar refractivity (Wildman–Crippen MR) is 44.3 cm³/mol. The van der Waals surface area contributed by atoms with Gasteiger partial charge in [-0.25, -0.2) is 0 Å². The van der Waals surface area contributed by atoms with Crippen molar-refractivity contribution in [1.29, 1.82) is 0 Å². The molecule has 0 bridgehead atoms. The molecule has 1 aliphatic heterocycles. The van der Waals surface area contributed by atoms with Crippen LogP contribution in [-0.2, 0) is 0 Å². The molecule has 2 rings (SSSR count). The number of Topliss-reactive ketones (excluding diaryl/α,β-unsaturated/α-hetero) is 1. The summed E-state index contributed by atoms with van der Waals surface area (Å²) in [6.45, 7) is 2.40. The second kappa shape index (κ2) is 3.26. The SMILES string of the molecule is CC(=O)c1nc(C2CCCN2)no1. The lowest BCUT2D eigenvalue weighted by Gasteiger charge is -2.01. The Morgan fingerprint density at radius 1 is 1.69 bits per heavy atom. The van der Waals surface area contributed by atoms with Crippen molar-refractivity contribution in [2.24, 2.45) is 0 Å². The van der Waals surface area contributed by atoms with Gasteiger partial charge in [0.15, 0.2) is 5.82 Å². The van der Waals surface area contributed by atoms with Gasteiger partial charge in [0.1, 0.15) is 0 Å². The molecule has 0 aromatic carbocycles. The van der Waals surface area contributed by atoms with E-state index in [2.05, 4.69) is 15.5 Å². The molecule has 1 fully saturated rings. The molecule has 1 aromatic rings. The number of aromatic nitrogens is 2. The Hall–Kier alpha value is -1.23. The summed E-state index contributed by atoms with van der Waals surface area (Å²) in [6, 6.07) is 0.164. The maximum absolute atomic E-state index is 10.9. The third-order valence-electron chi connectivity index (χ3n) is 2.11. The molecule has 1 aliphatic rings. The Bertz CT molecular complexity index is 315. The molecular weight excluding hydrogens is 170 g/mol. The van der Waals surface area contributed by atoms with E-state index in [0.717, 1.165) is 19.4 Å². The molecule has 5 nitrogen and oxygen atoms in total. The van der Waals surface area contributed by atoms with Crippen molar-refractivity contribution >= 4 is 5.78 Å². The van der Waals surface area contributed by atoms with Gasteiger partial charge in [-0.3, -0.25) is 4.79 Å². The second-order valence-electron chi connectivity index (χ2n) is 3.16. The van der Waals surface area contributed by atoms with E-state index in [1.807, 2.05) is 0 Å². The molecule has 1 aromatic heterocycles. The van der Waals surface area contributed by atoms with E-state index < -0.39 is 0 Å². The molecule has 0 saturated carbocycles. The van der Waals surface area contributed by atoms with Crippen molar-refractivity contribution < 1.29 is 9.32 Å². The van der Waals surface area contributed by atoms with E-state index in [0.29, 0.717) is 5.82 Å². The van der Waals surface area contributed by atoms with Gasteiger partial charge in [-0.2, -0.15) is 4.98 Å². The first kappa shape index (κ1) is 8.37. The van der Waals surface area contributed by atoms with Gasteiger partial charge in [0.2, 0.25) is 5.78 Å². The van der Waals surface area contributed by atoms with Crippen molar-refractivity contribution in [2.45, 2.75) is 25.8 Å². The van der Waals surface area contributed by atoms with Crippen LogP contribution in [0.2, 0.25) is 0 Å². The second-order valence-corrected chi connectivity index (χ2v) is 3.16. The first-order chi connectivity index (χ1) is 6.27. The summed E-state index contributed by atoms with van der Waals surface area (Å²) in [7, 11) is 0. The summed E-state index contributed by atoms with van der Waals surface area (Å²) in [4.78, 5) is 14.9. The number of hydrogen-bond donors (Lipinski definition) is 1. The lowest BCUT2D eigenvalue weighted by molar-refractivity contribution is 0.0972. The Morgan fingerprint density at radius 2 is 2.54 bits per heavy atom. The molecule has 70 valence electrons. The predicted octanol–water partition coefficient (Wildman–Crippen LogP) is 0.697. The number of hydrogen-bond acceptors (Lipinski definition) is 5. The summed E-state index contributed by atoms with van der Waals surface area (Å²) in [5, 5.41) is 6.98. The molecule has 1 N–H and O–H groups in total. The van der Waals surface area contributed by atoms with Crippen molar-refractivity contribution in [1.82, 2.24) is 15.5 Å². The Labute approximate surface area is 75.5 Å². The quantitative estimate of drug-likeness (QED) is 0.680. The van der Waals surface area contributed by atoms with Crippen LogP contribution >= 0.6 is 0 Å². The zero-order chi connectivity index (χ0) is 9.26. The van der Waals surface area contributed by atoms with Crippen molar-refractivity contribution in [3.63, 3.8) is 0 Å². The van der Waals surface area contributed by atoms with Crippen molar-refractivity contribution in [2.75, 3.05) is 6.54 Å². The van der Waals surface area contributed by atoms with Gasteiger partial charge in [-0.1, -0.05) is 5.16 Å². The Kier molecular flexibility index (Phi) is 2.10. The largest absolute Gasteiger partial charge is 0.331 e. The van der Waals surface area contributed by atoms with Crippen LogP contribution in [0.25, 0.3) is 0 Å². The van der Waals surface area contributed by atoms with Gasteiger partial charge in [-0.05, 0) is 19.4 Å². The maximum Gasteiger partial charge on any atom is 0.293 e. The maximum atomic E-state index is 10.9.